The quantitative estimate of drug-likeness (QED) is 0.448. The fourth-order valence-corrected chi connectivity index (χ4v) is 3.99. The predicted octanol–water partition coefficient (Wildman–Crippen LogP) is 3.62. The molecule has 3 N–H and O–H groups in total. The molecule has 2 aliphatic rings. The molecular formula is C24H27FN8O3. The fraction of sp³-hybridized carbons (Fsp3) is 0.375. The molecule has 3 aromatic rings. The summed E-state index contributed by atoms with van der Waals surface area (Å²) in [5.41, 5.74) is -0.345. The molecule has 0 bridgehead atoms. The van der Waals surface area contributed by atoms with Crippen molar-refractivity contribution >= 4 is 40.8 Å². The maximum atomic E-state index is 14.4. The van der Waals surface area contributed by atoms with E-state index in [4.69, 9.17) is 9.47 Å². The molecule has 11 nitrogen and oxygen atoms in total. The number of amides is 1. The van der Waals surface area contributed by atoms with Crippen LogP contribution in [0.25, 0.3) is 0 Å². The van der Waals surface area contributed by atoms with Crippen molar-refractivity contribution in [2.24, 2.45) is 0 Å². The highest BCUT2D eigenvalue weighted by atomic mass is 19.1. The topological polar surface area (TPSA) is 126 Å². The second-order valence-electron chi connectivity index (χ2n) is 8.97. The molecule has 12 heteroatoms. The molecule has 1 fully saturated rings. The standard InChI is InChI=1S/C24H27FN8O3/c1-4-35-15-9-10-33(13-15)19-8-5-14(11-26-19)28-23-27-12-16(25)20(32-23)29-18-7-6-17-21(30-18)31-22(34)24(2,3)36-17/h5-8,11-12,15H,4,9-10,13H2,1-3H3,(H3,27,28,29,30,31,32,34)/t15-/m0/s1. The summed E-state index contributed by atoms with van der Waals surface area (Å²) in [6.07, 6.45) is 3.95. The van der Waals surface area contributed by atoms with Gasteiger partial charge in [-0.05, 0) is 51.5 Å². The zero-order chi connectivity index (χ0) is 25.3. The summed E-state index contributed by atoms with van der Waals surface area (Å²) in [5, 5.41) is 8.56. The first-order valence-electron chi connectivity index (χ1n) is 11.7. The van der Waals surface area contributed by atoms with Crippen LogP contribution in [0, 0.1) is 5.82 Å². The average Bonchev–Trinajstić information content (AvgIpc) is 3.31. The second kappa shape index (κ2) is 9.53. The molecule has 5 heterocycles. The van der Waals surface area contributed by atoms with Crippen LogP contribution in [0.2, 0.25) is 0 Å². The van der Waals surface area contributed by atoms with Crippen molar-refractivity contribution in [2.75, 3.05) is 40.5 Å². The van der Waals surface area contributed by atoms with Crippen LogP contribution in [0.4, 0.5) is 39.3 Å². The minimum atomic E-state index is -1.00. The van der Waals surface area contributed by atoms with Crippen LogP contribution < -0.4 is 25.6 Å². The van der Waals surface area contributed by atoms with Gasteiger partial charge in [0.25, 0.3) is 5.91 Å². The van der Waals surface area contributed by atoms with Gasteiger partial charge in [-0.15, -0.1) is 0 Å². The van der Waals surface area contributed by atoms with E-state index in [1.807, 2.05) is 19.1 Å². The van der Waals surface area contributed by atoms with Gasteiger partial charge in [-0.25, -0.2) is 19.3 Å². The lowest BCUT2D eigenvalue weighted by Gasteiger charge is -2.30. The normalized spacial score (nSPS) is 18.3. The van der Waals surface area contributed by atoms with E-state index in [9.17, 15) is 9.18 Å². The Morgan fingerprint density at radius 3 is 2.83 bits per heavy atom. The van der Waals surface area contributed by atoms with Crippen LogP contribution in [-0.4, -0.2) is 57.2 Å². The Balaban J connectivity index is 1.26. The number of nitrogens with one attached hydrogen (secondary N) is 3. The minimum Gasteiger partial charge on any atom is -0.474 e. The largest absolute Gasteiger partial charge is 0.474 e. The number of anilines is 6. The number of pyridine rings is 2. The van der Waals surface area contributed by atoms with Crippen molar-refractivity contribution in [1.82, 2.24) is 19.9 Å². The van der Waals surface area contributed by atoms with E-state index in [2.05, 4.69) is 40.8 Å². The molecule has 0 aliphatic carbocycles. The van der Waals surface area contributed by atoms with Gasteiger partial charge >= 0.3 is 0 Å². The summed E-state index contributed by atoms with van der Waals surface area (Å²) in [5.74, 6) is 0.939. The molecule has 2 aliphatic heterocycles. The van der Waals surface area contributed by atoms with Gasteiger partial charge in [0.05, 0.1) is 24.2 Å². The molecule has 1 atom stereocenters. The minimum absolute atomic E-state index is 0.0769. The van der Waals surface area contributed by atoms with E-state index in [1.165, 1.54) is 0 Å². The highest BCUT2D eigenvalue weighted by molar-refractivity contribution is 5.99. The Morgan fingerprint density at radius 2 is 2.06 bits per heavy atom. The third kappa shape index (κ3) is 4.98. The van der Waals surface area contributed by atoms with Crippen molar-refractivity contribution in [1.29, 1.82) is 0 Å². The first-order chi connectivity index (χ1) is 17.3. The molecule has 0 aromatic carbocycles. The van der Waals surface area contributed by atoms with E-state index in [0.29, 0.717) is 18.0 Å². The third-order valence-electron chi connectivity index (χ3n) is 5.87. The van der Waals surface area contributed by atoms with Gasteiger partial charge in [0, 0.05) is 19.7 Å². The number of hydrogen-bond donors (Lipinski definition) is 3. The second-order valence-corrected chi connectivity index (χ2v) is 8.97. The van der Waals surface area contributed by atoms with Crippen LogP contribution in [-0.2, 0) is 9.53 Å². The number of carbonyl (C=O) groups excluding carboxylic acids is 1. The lowest BCUT2D eigenvalue weighted by molar-refractivity contribution is -0.129. The van der Waals surface area contributed by atoms with Crippen LogP contribution in [0.1, 0.15) is 27.2 Å². The highest BCUT2D eigenvalue weighted by Gasteiger charge is 2.36. The van der Waals surface area contributed by atoms with Gasteiger partial charge in [0.2, 0.25) is 5.95 Å². The molecule has 188 valence electrons. The van der Waals surface area contributed by atoms with Crippen LogP contribution >= 0.6 is 0 Å². The predicted molar refractivity (Wildman–Crippen MR) is 133 cm³/mol. The number of fused-ring (bicyclic) bond motifs is 1. The van der Waals surface area contributed by atoms with Crippen LogP contribution in [0.5, 0.6) is 5.75 Å². The first-order valence-corrected chi connectivity index (χ1v) is 11.7. The fourth-order valence-electron chi connectivity index (χ4n) is 3.99. The third-order valence-corrected chi connectivity index (χ3v) is 5.87. The van der Waals surface area contributed by atoms with Gasteiger partial charge in [-0.1, -0.05) is 0 Å². The lowest BCUT2D eigenvalue weighted by Crippen LogP contribution is -2.46. The number of aromatic nitrogens is 4. The summed E-state index contributed by atoms with van der Waals surface area (Å²) < 4.78 is 25.8. The number of rotatable bonds is 7. The Morgan fingerprint density at radius 1 is 1.19 bits per heavy atom. The molecule has 0 spiro atoms. The average molecular weight is 495 g/mol. The summed E-state index contributed by atoms with van der Waals surface area (Å²) in [7, 11) is 0. The van der Waals surface area contributed by atoms with Crippen molar-refractivity contribution in [3.63, 3.8) is 0 Å². The smallest absolute Gasteiger partial charge is 0.269 e. The van der Waals surface area contributed by atoms with Gasteiger partial charge < -0.3 is 30.3 Å². The van der Waals surface area contributed by atoms with Crippen LogP contribution in [0.3, 0.4) is 0 Å². The van der Waals surface area contributed by atoms with Crippen molar-refractivity contribution in [3.05, 3.63) is 42.5 Å². The molecule has 3 aromatic heterocycles. The van der Waals surface area contributed by atoms with Gasteiger partial charge in [-0.3, -0.25) is 4.79 Å². The molecule has 1 saturated heterocycles. The number of hydrogen-bond acceptors (Lipinski definition) is 10. The molecule has 0 radical (unpaired) electrons. The van der Waals surface area contributed by atoms with E-state index >= 15 is 0 Å². The highest BCUT2D eigenvalue weighted by Crippen LogP contribution is 2.33. The van der Waals surface area contributed by atoms with Crippen molar-refractivity contribution < 1.29 is 18.7 Å². The van der Waals surface area contributed by atoms with Gasteiger partial charge in [0.1, 0.15) is 11.6 Å². The molecule has 1 amide bonds. The van der Waals surface area contributed by atoms with Gasteiger partial charge in [-0.2, -0.15) is 4.98 Å². The Bertz CT molecular complexity index is 1270. The van der Waals surface area contributed by atoms with Crippen molar-refractivity contribution in [3.8, 4) is 5.75 Å². The molecule has 0 unspecified atom stereocenters. The maximum Gasteiger partial charge on any atom is 0.269 e. The number of halogens is 1. The summed E-state index contributed by atoms with van der Waals surface area (Å²) in [4.78, 5) is 31.4. The van der Waals surface area contributed by atoms with Gasteiger partial charge in [0.15, 0.2) is 28.8 Å². The Kier molecular flexibility index (Phi) is 6.27. The summed E-state index contributed by atoms with van der Waals surface area (Å²) in [6, 6.07) is 7.03. The maximum absolute atomic E-state index is 14.4. The zero-order valence-electron chi connectivity index (χ0n) is 20.2. The van der Waals surface area contributed by atoms with E-state index in [-0.39, 0.29) is 35.4 Å². The van der Waals surface area contributed by atoms with Crippen molar-refractivity contribution in [2.45, 2.75) is 38.9 Å². The number of carbonyl (C=O) groups is 1. The summed E-state index contributed by atoms with van der Waals surface area (Å²) >= 11 is 0. The first kappa shape index (κ1) is 23.7. The SMILES string of the molecule is CCO[C@H]1CCN(c2ccc(Nc3ncc(F)c(Nc4ccc5c(n4)NC(=O)C(C)(C)O5)n3)cn2)C1. The Labute approximate surface area is 207 Å². The molecule has 0 saturated carbocycles. The number of nitrogens with zero attached hydrogens (tertiary/aromatic N) is 5. The molecule has 36 heavy (non-hydrogen) atoms. The molecule has 5 rings (SSSR count). The van der Waals surface area contributed by atoms with Crippen LogP contribution in [0.15, 0.2) is 36.7 Å². The monoisotopic (exact) mass is 494 g/mol. The number of ether oxygens (including phenoxy) is 2. The zero-order valence-corrected chi connectivity index (χ0v) is 20.2. The van der Waals surface area contributed by atoms with E-state index in [0.717, 1.165) is 31.5 Å². The molecular weight excluding hydrogens is 467 g/mol. The summed E-state index contributed by atoms with van der Waals surface area (Å²) in [6.45, 7) is 7.73. The van der Waals surface area contributed by atoms with E-state index < -0.39 is 11.4 Å². The Hall–Kier alpha value is -4.06. The van der Waals surface area contributed by atoms with E-state index in [1.54, 1.807) is 32.2 Å². The lowest BCUT2D eigenvalue weighted by atomic mass is 10.1.